The molecule has 2 aromatic rings. The van der Waals surface area contributed by atoms with Gasteiger partial charge in [-0.1, -0.05) is 38.3 Å². The van der Waals surface area contributed by atoms with E-state index in [2.05, 4.69) is 16.0 Å². The first-order valence-electron chi connectivity index (χ1n) is 10.5. The van der Waals surface area contributed by atoms with E-state index >= 15 is 0 Å². The van der Waals surface area contributed by atoms with Crippen molar-refractivity contribution in [2.24, 2.45) is 0 Å². The van der Waals surface area contributed by atoms with Crippen molar-refractivity contribution in [2.75, 3.05) is 7.11 Å². The van der Waals surface area contributed by atoms with Crippen molar-refractivity contribution < 1.29 is 14.3 Å². The Balaban J connectivity index is 1.69. The number of hydrogen-bond acceptors (Lipinski definition) is 5. The molecule has 1 aromatic carbocycles. The maximum Gasteiger partial charge on any atom is 0.337 e. The largest absolute Gasteiger partial charge is 0.465 e. The fraction of sp³-hybridized carbons (Fsp3) is 0.435. The van der Waals surface area contributed by atoms with Crippen LogP contribution in [0, 0.1) is 0 Å². The van der Waals surface area contributed by atoms with E-state index < -0.39 is 0 Å². The molecule has 30 heavy (non-hydrogen) atoms. The first-order valence-corrected chi connectivity index (χ1v) is 11.4. The number of methoxy groups -OCH3 is 1. The third-order valence-corrected chi connectivity index (χ3v) is 6.84. The Morgan fingerprint density at radius 1 is 1.20 bits per heavy atom. The van der Waals surface area contributed by atoms with Gasteiger partial charge in [0.15, 0.2) is 0 Å². The highest BCUT2D eigenvalue weighted by molar-refractivity contribution is 7.10. The van der Waals surface area contributed by atoms with Gasteiger partial charge in [-0.15, -0.1) is 11.3 Å². The molecule has 2 heterocycles. The van der Waals surface area contributed by atoms with Gasteiger partial charge < -0.3 is 15.4 Å². The number of nitrogens with one attached hydrogen (secondary N) is 2. The Bertz CT molecular complexity index is 958. The van der Waals surface area contributed by atoms with E-state index in [1.54, 1.807) is 23.5 Å². The zero-order valence-electron chi connectivity index (χ0n) is 17.4. The number of carbonyl (C=O) groups excluding carboxylic acids is 2. The molecule has 0 bridgehead atoms. The Kier molecular flexibility index (Phi) is 6.18. The number of amides is 2. The lowest BCUT2D eigenvalue weighted by Crippen LogP contribution is -2.43. The molecule has 1 fully saturated rings. The van der Waals surface area contributed by atoms with E-state index in [1.807, 2.05) is 19.1 Å². The topological polar surface area (TPSA) is 80.3 Å². The van der Waals surface area contributed by atoms with Crippen molar-refractivity contribution in [3.63, 3.8) is 0 Å². The van der Waals surface area contributed by atoms with E-state index in [0.717, 1.165) is 21.8 Å². The third-order valence-electron chi connectivity index (χ3n) is 5.95. The number of benzene rings is 1. The summed E-state index contributed by atoms with van der Waals surface area (Å²) < 4.78 is 4.79. The summed E-state index contributed by atoms with van der Waals surface area (Å²) in [5.41, 5.74) is 4.47. The molecule has 2 amide bonds. The molecule has 1 aliphatic heterocycles. The van der Waals surface area contributed by atoms with Crippen molar-refractivity contribution >= 4 is 28.9 Å². The highest BCUT2D eigenvalue weighted by Crippen LogP contribution is 2.39. The Morgan fingerprint density at radius 2 is 1.93 bits per heavy atom. The third kappa shape index (κ3) is 4.12. The summed E-state index contributed by atoms with van der Waals surface area (Å²) in [5, 5.41) is 9.13. The molecule has 2 aliphatic rings. The summed E-state index contributed by atoms with van der Waals surface area (Å²) in [6.07, 6.45) is 6.98. The van der Waals surface area contributed by atoms with Crippen LogP contribution < -0.4 is 10.6 Å². The maximum atomic E-state index is 12.3. The van der Waals surface area contributed by atoms with Crippen LogP contribution in [0.1, 0.15) is 84.0 Å². The maximum absolute atomic E-state index is 12.3. The number of nitrogens with zero attached hydrogens (tertiary/aromatic N) is 1. The van der Waals surface area contributed by atoms with Crippen molar-refractivity contribution in [2.45, 2.75) is 57.4 Å². The van der Waals surface area contributed by atoms with E-state index in [1.165, 1.54) is 44.9 Å². The molecule has 158 valence electrons. The lowest BCUT2D eigenvalue weighted by molar-refractivity contribution is 0.0600. The minimum atomic E-state index is -0.377. The number of rotatable bonds is 5. The molecule has 6 nitrogen and oxygen atoms in total. The minimum Gasteiger partial charge on any atom is -0.465 e. The smallest absolute Gasteiger partial charge is 0.337 e. The predicted octanol–water partition coefficient (Wildman–Crippen LogP) is 5.15. The first-order chi connectivity index (χ1) is 14.6. The van der Waals surface area contributed by atoms with Crippen LogP contribution in [-0.2, 0) is 4.74 Å². The normalized spacial score (nSPS) is 19.9. The summed E-state index contributed by atoms with van der Waals surface area (Å²) >= 11 is 1.65. The van der Waals surface area contributed by atoms with Gasteiger partial charge in [0, 0.05) is 22.6 Å². The molecule has 1 atom stereocenters. The summed E-state index contributed by atoms with van der Waals surface area (Å²) in [7, 11) is 1.37. The van der Waals surface area contributed by atoms with Gasteiger partial charge in [-0.3, -0.25) is 0 Å². The van der Waals surface area contributed by atoms with Crippen LogP contribution in [0.4, 0.5) is 4.79 Å². The van der Waals surface area contributed by atoms with Gasteiger partial charge in [-0.2, -0.15) is 0 Å². The molecular weight excluding hydrogens is 398 g/mol. The minimum absolute atomic E-state index is 0.221. The quantitative estimate of drug-likeness (QED) is 0.649. The Hall–Kier alpha value is -2.67. The number of urea groups is 1. The van der Waals surface area contributed by atoms with Crippen molar-refractivity contribution in [1.82, 2.24) is 15.6 Å². The van der Waals surface area contributed by atoms with Crippen LogP contribution in [0.3, 0.4) is 0 Å². The van der Waals surface area contributed by atoms with Gasteiger partial charge in [0.2, 0.25) is 0 Å². The van der Waals surface area contributed by atoms with Crippen LogP contribution in [0.2, 0.25) is 0 Å². The van der Waals surface area contributed by atoms with Crippen molar-refractivity contribution in [3.8, 4) is 0 Å². The highest BCUT2D eigenvalue weighted by Gasteiger charge is 2.31. The molecule has 1 aromatic heterocycles. The molecule has 2 N–H and O–H groups in total. The number of aromatic nitrogens is 1. The number of ether oxygens (including phenoxy) is 1. The van der Waals surface area contributed by atoms with E-state index in [-0.39, 0.29) is 18.0 Å². The van der Waals surface area contributed by atoms with Crippen molar-refractivity contribution in [1.29, 1.82) is 0 Å². The number of hydrogen-bond donors (Lipinski definition) is 2. The second kappa shape index (κ2) is 9.00. The second-order valence-electron chi connectivity index (χ2n) is 7.80. The van der Waals surface area contributed by atoms with Crippen LogP contribution in [0.5, 0.6) is 0 Å². The molecule has 1 saturated carbocycles. The zero-order valence-corrected chi connectivity index (χ0v) is 18.2. The monoisotopic (exact) mass is 425 g/mol. The Morgan fingerprint density at radius 3 is 2.60 bits per heavy atom. The molecule has 4 rings (SSSR count). The Labute approximate surface area is 180 Å². The number of esters is 1. The fourth-order valence-corrected chi connectivity index (χ4v) is 5.33. The van der Waals surface area contributed by atoms with Crippen molar-refractivity contribution in [3.05, 3.63) is 57.2 Å². The molecule has 0 radical (unpaired) electrons. The molecule has 1 aliphatic carbocycles. The predicted molar refractivity (Wildman–Crippen MR) is 117 cm³/mol. The average molecular weight is 426 g/mol. The zero-order chi connectivity index (χ0) is 21.1. The van der Waals surface area contributed by atoms with Crippen LogP contribution in [-0.4, -0.2) is 24.1 Å². The molecule has 0 spiro atoms. The first kappa shape index (κ1) is 20.6. The lowest BCUT2D eigenvalue weighted by atomic mass is 9.87. The molecular formula is C23H27N3O3S. The number of allylic oxidation sites excluding steroid dienone is 1. The van der Waals surface area contributed by atoms with Gasteiger partial charge >= 0.3 is 12.0 Å². The van der Waals surface area contributed by atoms with Gasteiger partial charge in [0.25, 0.3) is 0 Å². The fourth-order valence-electron chi connectivity index (χ4n) is 4.32. The van der Waals surface area contributed by atoms with E-state index in [0.29, 0.717) is 17.9 Å². The number of thiazole rings is 1. The standard InChI is InChI=1S/C23H27N3O3S/c1-3-17-19(21-24-18(13-30-21)14-7-5-4-6-8-14)20(26-23(28)25-17)15-9-11-16(12-10-15)22(27)29-2/h9-14,20H,3-8H2,1-2H3,(H2,25,26,28). The van der Waals surface area contributed by atoms with E-state index in [9.17, 15) is 9.59 Å². The lowest BCUT2D eigenvalue weighted by Gasteiger charge is -2.29. The van der Waals surface area contributed by atoms with Crippen LogP contribution in [0.15, 0.2) is 35.3 Å². The molecule has 0 saturated heterocycles. The highest BCUT2D eigenvalue weighted by atomic mass is 32.1. The SMILES string of the molecule is CCC1=C(c2nc(C3CCCCC3)cs2)C(c2ccc(C(=O)OC)cc2)NC(=O)N1. The van der Waals surface area contributed by atoms with Crippen LogP contribution >= 0.6 is 11.3 Å². The van der Waals surface area contributed by atoms with E-state index in [4.69, 9.17) is 9.72 Å². The van der Waals surface area contributed by atoms with Gasteiger partial charge in [0.05, 0.1) is 24.4 Å². The van der Waals surface area contributed by atoms with Gasteiger partial charge in [0.1, 0.15) is 5.01 Å². The summed E-state index contributed by atoms with van der Waals surface area (Å²) in [5.74, 6) is 0.163. The average Bonchev–Trinajstić information content (AvgIpc) is 3.28. The summed E-state index contributed by atoms with van der Waals surface area (Å²) in [6, 6.07) is 6.66. The van der Waals surface area contributed by atoms with Gasteiger partial charge in [-0.05, 0) is 37.0 Å². The van der Waals surface area contributed by atoms with Crippen LogP contribution in [0.25, 0.3) is 5.57 Å². The second-order valence-corrected chi connectivity index (χ2v) is 8.66. The summed E-state index contributed by atoms with van der Waals surface area (Å²) in [6.45, 7) is 2.04. The molecule has 1 unspecified atom stereocenters. The summed E-state index contributed by atoms with van der Waals surface area (Å²) in [4.78, 5) is 29.1. The number of carbonyl (C=O) groups is 2. The molecule has 7 heteroatoms. The van der Waals surface area contributed by atoms with Gasteiger partial charge in [-0.25, -0.2) is 14.6 Å².